The maximum atomic E-state index is 17.1. The number of nitrogens with zero attached hydrogens (tertiary/aromatic N) is 9. The van der Waals surface area contributed by atoms with Crippen molar-refractivity contribution >= 4 is 85.3 Å². The Balaban J connectivity index is 0.983. The Kier molecular flexibility index (Phi) is 15.9. The third kappa shape index (κ3) is 11.3. The number of aryl methyl sites for hydroxylation is 1. The van der Waals surface area contributed by atoms with E-state index in [4.69, 9.17) is 69.9 Å². The molecule has 0 saturated carbocycles. The molecule has 4 aliphatic heterocycles. The van der Waals surface area contributed by atoms with Crippen molar-refractivity contribution in [3.8, 4) is 6.07 Å². The molecule has 2 bridgehead atoms. The van der Waals surface area contributed by atoms with Gasteiger partial charge in [-0.1, -0.05) is 57.2 Å². The van der Waals surface area contributed by atoms with Gasteiger partial charge in [-0.2, -0.15) is 5.26 Å². The molecule has 2 aromatic carbocycles. The summed E-state index contributed by atoms with van der Waals surface area (Å²) in [6, 6.07) is 19.4. The lowest BCUT2D eigenvalue weighted by atomic mass is 10.1. The van der Waals surface area contributed by atoms with Crippen LogP contribution < -0.4 is 10.5 Å². The largest absolute Gasteiger partial charge is 0.460 e. The van der Waals surface area contributed by atoms with Crippen molar-refractivity contribution < 1.29 is 60.1 Å². The highest BCUT2D eigenvalue weighted by Crippen LogP contribution is 2.58. The van der Waals surface area contributed by atoms with Crippen LogP contribution in [0.4, 0.5) is 10.2 Å². The van der Waals surface area contributed by atoms with Gasteiger partial charge in [0, 0.05) is 18.3 Å². The minimum Gasteiger partial charge on any atom is -0.460 e. The van der Waals surface area contributed by atoms with Crippen LogP contribution in [0, 0.1) is 11.3 Å². The van der Waals surface area contributed by atoms with Crippen LogP contribution in [0.3, 0.4) is 0 Å². The van der Waals surface area contributed by atoms with Crippen LogP contribution in [0.5, 0.6) is 0 Å². The van der Waals surface area contributed by atoms with Crippen molar-refractivity contribution in [2.75, 3.05) is 37.9 Å². The quantitative estimate of drug-likeness (QED) is 0.0550. The number of alkyl halides is 1. The van der Waals surface area contributed by atoms with E-state index in [0.29, 0.717) is 47.4 Å². The van der Waals surface area contributed by atoms with E-state index in [-0.39, 0.29) is 48.3 Å². The summed E-state index contributed by atoms with van der Waals surface area (Å²) in [5.41, 5.74) is 1.42. The Hall–Kier alpha value is -5.07. The highest BCUT2D eigenvalue weighted by atomic mass is 32.5. The number of aromatic nitrogens is 7. The lowest BCUT2D eigenvalue weighted by Crippen LogP contribution is -2.49. The number of carbonyl (C=O) groups excluding carboxylic acids is 2. The van der Waals surface area contributed by atoms with Crippen LogP contribution in [0.1, 0.15) is 72.3 Å². The number of halogens is 1. The Morgan fingerprint density at radius 2 is 1.61 bits per heavy atom. The molecule has 4 aliphatic rings. The minimum absolute atomic E-state index is 0.0168. The SMILES string of the molecule is CC(C)(C)[Si](C)(C)O[C@@H]1[C@@H]2OP(O)(=S)OC[C@H]3O[C@@H](n4cnc5c(=O)n(CCOC(=O)c6ccccc6)cnc54)[C@H](OP(=S)(OCCC#N)OC[C@H]2O[C@H]1n1cc2c4c(ncnc41)N(C(=O)c1ccccc1)CCC2)[C@@H]3F. The zero-order valence-electron chi connectivity index (χ0n) is 42.5. The third-order valence-corrected chi connectivity index (χ3v) is 22.6. The van der Waals surface area contributed by atoms with Crippen molar-refractivity contribution in [2.45, 2.75) is 114 Å². The number of esters is 1. The molecule has 3 saturated heterocycles. The summed E-state index contributed by atoms with van der Waals surface area (Å²) >= 11 is 11.8. The lowest BCUT2D eigenvalue weighted by Gasteiger charge is -2.41. The Labute approximate surface area is 452 Å². The molecule has 3 fully saturated rings. The summed E-state index contributed by atoms with van der Waals surface area (Å²) < 4.78 is 78.7. The van der Waals surface area contributed by atoms with Gasteiger partial charge in [-0.25, -0.2) is 29.1 Å². The number of anilines is 1. The first-order valence-electron chi connectivity index (χ1n) is 24.8. The number of hydrogen-bond acceptors (Lipinski definition) is 19. The standard InChI is InChI=1S/C49H56FN9O13P2S2Si/c1-49(2,3)77(4,5)72-40-38-34(69-47(40)58-24-32-18-12-20-57(41-35(32)42(58)53-27-52-41)44(60)30-14-8-6-9-15-30)26-67-74(76,65-22-13-19-51)71-39-36(50)33(25-66-73(63,75)70-38)68-46(39)59-29-54-37-43(59)55-28-56(45(37)61)21-23-64-48(62)31-16-10-7-11-17-31/h6-11,14-17,24,27-29,33-34,36,38-40,46-47H,12-13,18,20-23,25-26H2,1-5H3,(H,63,75)/t33-,34-,36-,38-,39-,40-,46-,47-,73?,74?/m1/s1. The number of amides is 1. The predicted molar refractivity (Wildman–Crippen MR) is 286 cm³/mol. The second kappa shape index (κ2) is 22.2. The monoisotopic (exact) mass is 1150 g/mol. The molecule has 10 atom stereocenters. The number of ether oxygens (including phenoxy) is 3. The molecule has 0 radical (unpaired) electrons. The van der Waals surface area contributed by atoms with Gasteiger partial charge in [0.15, 0.2) is 38.1 Å². The van der Waals surface area contributed by atoms with Gasteiger partial charge in [0.05, 0.1) is 56.1 Å². The van der Waals surface area contributed by atoms with Crippen molar-refractivity contribution in [1.29, 1.82) is 5.26 Å². The average molecular weight is 1150 g/mol. The van der Waals surface area contributed by atoms with Crippen LogP contribution in [0.25, 0.3) is 22.2 Å². The van der Waals surface area contributed by atoms with E-state index in [1.54, 1.807) is 59.5 Å². The van der Waals surface area contributed by atoms with Gasteiger partial charge in [-0.05, 0) is 84.4 Å². The van der Waals surface area contributed by atoms with Gasteiger partial charge in [-0.3, -0.25) is 32.7 Å². The van der Waals surface area contributed by atoms with Gasteiger partial charge in [0.25, 0.3) is 11.5 Å². The fraction of sp³-hybridized carbons (Fsp3) is 0.469. The first-order chi connectivity index (χ1) is 36.8. The molecule has 1 amide bonds. The number of benzene rings is 2. The average Bonchev–Trinajstić information content (AvgIpc) is 4.14. The van der Waals surface area contributed by atoms with Crippen LogP contribution in [0.15, 0.2) is 90.6 Å². The molecule has 2 unspecified atom stereocenters. The molecule has 28 heteroatoms. The van der Waals surface area contributed by atoms with Crippen molar-refractivity contribution in [3.05, 3.63) is 113 Å². The van der Waals surface area contributed by atoms with Crippen LogP contribution in [0.2, 0.25) is 18.1 Å². The number of imidazole rings is 1. The predicted octanol–water partition coefficient (Wildman–Crippen LogP) is 7.20. The van der Waals surface area contributed by atoms with Crippen LogP contribution >= 0.6 is 13.4 Å². The van der Waals surface area contributed by atoms with E-state index in [0.717, 1.165) is 5.56 Å². The molecule has 8 heterocycles. The zero-order valence-corrected chi connectivity index (χ0v) is 46.9. The van der Waals surface area contributed by atoms with Gasteiger partial charge in [-0.15, -0.1) is 0 Å². The summed E-state index contributed by atoms with van der Waals surface area (Å²) in [6.45, 7) is 0.592. The van der Waals surface area contributed by atoms with Crippen molar-refractivity contribution in [1.82, 2.24) is 33.6 Å². The van der Waals surface area contributed by atoms with E-state index in [9.17, 15) is 24.5 Å². The number of fused-ring (bicyclic) bond motifs is 4. The summed E-state index contributed by atoms with van der Waals surface area (Å²) in [5.74, 6) is -0.353. The van der Waals surface area contributed by atoms with Gasteiger partial charge in [0.2, 0.25) is 0 Å². The first kappa shape index (κ1) is 55.2. The Bertz CT molecular complexity index is 3380. The molecule has 77 heavy (non-hydrogen) atoms. The molecule has 408 valence electrons. The van der Waals surface area contributed by atoms with E-state index in [1.807, 2.05) is 36.0 Å². The summed E-state index contributed by atoms with van der Waals surface area (Å²) in [5, 5.41) is 9.84. The summed E-state index contributed by atoms with van der Waals surface area (Å²) in [6.07, 6.45) is -4.36. The minimum atomic E-state index is -4.39. The molecular weight excluding hydrogens is 1100 g/mol. The molecule has 22 nitrogen and oxygen atoms in total. The van der Waals surface area contributed by atoms with Crippen molar-refractivity contribution in [3.63, 3.8) is 0 Å². The molecular formula is C49H56FN9O13P2S2Si. The van der Waals surface area contributed by atoms with Crippen LogP contribution in [-0.4, -0.2) is 128 Å². The Morgan fingerprint density at radius 3 is 2.34 bits per heavy atom. The van der Waals surface area contributed by atoms with Crippen LogP contribution in [-0.2, 0) is 77.8 Å². The summed E-state index contributed by atoms with van der Waals surface area (Å²) in [4.78, 5) is 72.2. The molecule has 6 aromatic rings. The second-order valence-corrected chi connectivity index (χ2v) is 30.8. The fourth-order valence-corrected chi connectivity index (χ4v) is 14.1. The maximum absolute atomic E-state index is 17.1. The highest BCUT2D eigenvalue weighted by Gasteiger charge is 2.56. The Morgan fingerprint density at radius 1 is 0.896 bits per heavy atom. The van der Waals surface area contributed by atoms with Crippen molar-refractivity contribution in [2.24, 2.45) is 0 Å². The summed E-state index contributed by atoms with van der Waals surface area (Å²) in [7, 11) is -2.80. The third-order valence-electron chi connectivity index (χ3n) is 14.2. The molecule has 0 spiro atoms. The normalized spacial score (nSPS) is 28.0. The first-order valence-corrected chi connectivity index (χ1v) is 32.9. The molecule has 10 rings (SSSR count). The van der Waals surface area contributed by atoms with E-state index in [2.05, 4.69) is 35.7 Å². The smallest absolute Gasteiger partial charge is 0.338 e. The number of hydrogen-bond donors (Lipinski definition) is 1. The fourth-order valence-electron chi connectivity index (χ4n) is 9.35. The highest BCUT2D eigenvalue weighted by molar-refractivity contribution is 8.07. The molecule has 0 aliphatic carbocycles. The van der Waals surface area contributed by atoms with E-state index in [1.165, 1.54) is 28.1 Å². The van der Waals surface area contributed by atoms with Gasteiger partial charge in [0.1, 0.15) is 61.2 Å². The molecule has 1 N–H and O–H groups in total. The zero-order chi connectivity index (χ0) is 54.4. The number of rotatable bonds is 12. The maximum Gasteiger partial charge on any atom is 0.338 e. The molecule has 4 aromatic heterocycles. The van der Waals surface area contributed by atoms with Gasteiger partial charge >= 0.3 is 19.4 Å². The number of carbonyl (C=O) groups is 2. The second-order valence-electron chi connectivity index (χ2n) is 20.3. The number of nitriles is 1. The lowest BCUT2D eigenvalue weighted by molar-refractivity contribution is -0.0618. The van der Waals surface area contributed by atoms with E-state index < -0.39 is 95.6 Å². The van der Waals surface area contributed by atoms with E-state index >= 15 is 4.39 Å². The van der Waals surface area contributed by atoms with Gasteiger partial charge < -0.3 is 41.7 Å². The topological polar surface area (TPSA) is 248 Å².